The van der Waals surface area contributed by atoms with Crippen molar-refractivity contribution < 1.29 is 0 Å². The number of hydrogen-bond donors (Lipinski definition) is 1. The van der Waals surface area contributed by atoms with Crippen molar-refractivity contribution in [1.82, 2.24) is 14.8 Å². The molecule has 0 saturated carbocycles. The summed E-state index contributed by atoms with van der Waals surface area (Å²) >= 11 is 0. The molecule has 1 saturated heterocycles. The number of para-hydroxylation sites is 1. The average Bonchev–Trinajstić information content (AvgIpc) is 2.81. The van der Waals surface area contributed by atoms with Crippen LogP contribution in [0, 0.1) is 6.07 Å². The van der Waals surface area contributed by atoms with E-state index in [1.807, 2.05) is 0 Å². The Morgan fingerprint density at radius 3 is 2.82 bits per heavy atom. The average molecular weight is 228 g/mol. The highest BCUT2D eigenvalue weighted by Crippen LogP contribution is 2.14. The first-order valence-electron chi connectivity index (χ1n) is 6.32. The lowest BCUT2D eigenvalue weighted by Crippen LogP contribution is -2.44. The van der Waals surface area contributed by atoms with Crippen molar-refractivity contribution in [2.45, 2.75) is 6.54 Å². The number of aromatic nitrogens is 1. The Morgan fingerprint density at radius 2 is 1.94 bits per heavy atom. The normalized spacial score (nSPS) is 17.6. The van der Waals surface area contributed by atoms with Crippen molar-refractivity contribution in [2.24, 2.45) is 0 Å². The van der Waals surface area contributed by atoms with E-state index >= 15 is 0 Å². The van der Waals surface area contributed by atoms with Gasteiger partial charge >= 0.3 is 0 Å². The first-order chi connectivity index (χ1) is 8.43. The predicted molar refractivity (Wildman–Crippen MR) is 70.1 cm³/mol. The van der Waals surface area contributed by atoms with Gasteiger partial charge in [0.05, 0.1) is 0 Å². The van der Waals surface area contributed by atoms with Crippen LogP contribution in [0.2, 0.25) is 0 Å². The van der Waals surface area contributed by atoms with Gasteiger partial charge in [-0.1, -0.05) is 18.2 Å². The largest absolute Gasteiger partial charge is 0.346 e. The maximum Gasteiger partial charge on any atom is 0.0487 e. The Balaban J connectivity index is 1.68. The summed E-state index contributed by atoms with van der Waals surface area (Å²) in [5.41, 5.74) is 1.29. The maximum absolute atomic E-state index is 3.38. The van der Waals surface area contributed by atoms with Crippen LogP contribution in [0.4, 0.5) is 0 Å². The van der Waals surface area contributed by atoms with Crippen LogP contribution in [0.5, 0.6) is 0 Å². The van der Waals surface area contributed by atoms with Gasteiger partial charge in [-0.3, -0.25) is 4.90 Å². The Bertz CT molecular complexity index is 483. The molecule has 2 aromatic rings. The summed E-state index contributed by atoms with van der Waals surface area (Å²) in [5.74, 6) is 0. The highest BCUT2D eigenvalue weighted by atomic mass is 15.2. The molecule has 0 unspecified atom stereocenters. The number of rotatable bonds is 3. The highest BCUT2D eigenvalue weighted by molar-refractivity contribution is 5.79. The van der Waals surface area contributed by atoms with Gasteiger partial charge in [0.25, 0.3) is 0 Å². The molecule has 89 valence electrons. The quantitative estimate of drug-likeness (QED) is 0.855. The van der Waals surface area contributed by atoms with E-state index in [4.69, 9.17) is 0 Å². The highest BCUT2D eigenvalue weighted by Gasteiger charge is 2.09. The molecule has 0 amide bonds. The van der Waals surface area contributed by atoms with Crippen molar-refractivity contribution in [3.05, 3.63) is 36.5 Å². The van der Waals surface area contributed by atoms with Crippen LogP contribution in [0.25, 0.3) is 10.9 Å². The third kappa shape index (κ3) is 2.35. The SMILES string of the molecule is [c]1cn(CCN2CCNCC2)c2ccccc12. The van der Waals surface area contributed by atoms with E-state index in [1.165, 1.54) is 24.0 Å². The molecule has 3 nitrogen and oxygen atoms in total. The van der Waals surface area contributed by atoms with Crippen LogP contribution in [0.1, 0.15) is 0 Å². The number of piperazine rings is 1. The van der Waals surface area contributed by atoms with Crippen molar-refractivity contribution in [3.63, 3.8) is 0 Å². The lowest BCUT2D eigenvalue weighted by Gasteiger charge is -2.27. The Kier molecular flexibility index (Phi) is 3.12. The number of benzene rings is 1. The zero-order chi connectivity index (χ0) is 11.5. The molecule has 1 aliphatic heterocycles. The summed E-state index contributed by atoms with van der Waals surface area (Å²) in [4.78, 5) is 2.52. The van der Waals surface area contributed by atoms with Crippen LogP contribution in [0.15, 0.2) is 30.5 Å². The van der Waals surface area contributed by atoms with E-state index in [-0.39, 0.29) is 0 Å². The van der Waals surface area contributed by atoms with Gasteiger partial charge in [0, 0.05) is 62.4 Å². The number of nitrogens with one attached hydrogen (secondary N) is 1. The van der Waals surface area contributed by atoms with Gasteiger partial charge in [-0.15, -0.1) is 0 Å². The molecule has 0 atom stereocenters. The van der Waals surface area contributed by atoms with Crippen molar-refractivity contribution in [1.29, 1.82) is 0 Å². The van der Waals surface area contributed by atoms with Gasteiger partial charge in [-0.25, -0.2) is 0 Å². The Hall–Kier alpha value is -1.32. The molecule has 0 spiro atoms. The molecule has 1 aromatic heterocycles. The maximum atomic E-state index is 3.38. The lowest BCUT2D eigenvalue weighted by molar-refractivity contribution is 0.233. The fourth-order valence-electron chi connectivity index (χ4n) is 2.43. The molecule has 1 aliphatic rings. The molecule has 1 radical (unpaired) electrons. The van der Waals surface area contributed by atoms with E-state index in [2.05, 4.69) is 51.3 Å². The van der Waals surface area contributed by atoms with Gasteiger partial charge in [0.1, 0.15) is 0 Å². The number of nitrogens with zero attached hydrogens (tertiary/aromatic N) is 2. The molecule has 1 aromatic carbocycles. The van der Waals surface area contributed by atoms with Gasteiger partial charge in [-0.05, 0) is 6.07 Å². The summed E-state index contributed by atoms with van der Waals surface area (Å²) < 4.78 is 2.30. The standard InChI is InChI=1S/C14H18N3/c1-2-4-14-13(3-1)5-8-17(14)12-11-16-9-6-15-7-10-16/h1-4,8,15H,6-7,9-12H2. The van der Waals surface area contributed by atoms with Crippen molar-refractivity contribution in [3.8, 4) is 0 Å². The topological polar surface area (TPSA) is 20.2 Å². The van der Waals surface area contributed by atoms with Gasteiger partial charge in [0.2, 0.25) is 0 Å². The second kappa shape index (κ2) is 4.90. The predicted octanol–water partition coefficient (Wildman–Crippen LogP) is 1.35. The zero-order valence-corrected chi connectivity index (χ0v) is 10.0. The van der Waals surface area contributed by atoms with E-state index < -0.39 is 0 Å². The molecule has 3 rings (SSSR count). The van der Waals surface area contributed by atoms with Crippen LogP contribution in [0.3, 0.4) is 0 Å². The van der Waals surface area contributed by atoms with E-state index in [0.717, 1.165) is 26.2 Å². The van der Waals surface area contributed by atoms with Crippen molar-refractivity contribution >= 4 is 10.9 Å². The van der Waals surface area contributed by atoms with Crippen LogP contribution in [-0.2, 0) is 6.54 Å². The fourth-order valence-corrected chi connectivity index (χ4v) is 2.43. The number of fused-ring (bicyclic) bond motifs is 1. The molecule has 0 aliphatic carbocycles. The molecule has 17 heavy (non-hydrogen) atoms. The molecule has 1 fully saturated rings. The van der Waals surface area contributed by atoms with Gasteiger partial charge in [-0.2, -0.15) is 0 Å². The van der Waals surface area contributed by atoms with E-state index in [0.29, 0.717) is 0 Å². The minimum absolute atomic E-state index is 1.06. The molecular formula is C14H18N3. The molecule has 3 heteroatoms. The van der Waals surface area contributed by atoms with Gasteiger partial charge in [0.15, 0.2) is 0 Å². The Morgan fingerprint density at radius 1 is 1.12 bits per heavy atom. The monoisotopic (exact) mass is 228 g/mol. The summed E-state index contributed by atoms with van der Waals surface area (Å²) in [5, 5.41) is 4.60. The molecule has 1 N–H and O–H groups in total. The third-order valence-electron chi connectivity index (χ3n) is 3.46. The van der Waals surface area contributed by atoms with E-state index in [1.54, 1.807) is 0 Å². The molecule has 0 bridgehead atoms. The fraction of sp³-hybridized carbons (Fsp3) is 0.429. The van der Waals surface area contributed by atoms with E-state index in [9.17, 15) is 0 Å². The second-order valence-electron chi connectivity index (χ2n) is 4.58. The summed E-state index contributed by atoms with van der Waals surface area (Å²) in [6.45, 7) is 6.78. The van der Waals surface area contributed by atoms with Crippen LogP contribution >= 0.6 is 0 Å². The second-order valence-corrected chi connectivity index (χ2v) is 4.58. The smallest absolute Gasteiger partial charge is 0.0487 e. The summed E-state index contributed by atoms with van der Waals surface area (Å²) in [7, 11) is 0. The van der Waals surface area contributed by atoms with Crippen molar-refractivity contribution in [2.75, 3.05) is 32.7 Å². The number of hydrogen-bond acceptors (Lipinski definition) is 2. The molecular weight excluding hydrogens is 210 g/mol. The first-order valence-corrected chi connectivity index (χ1v) is 6.32. The lowest BCUT2D eigenvalue weighted by atomic mass is 10.2. The van der Waals surface area contributed by atoms with Crippen LogP contribution < -0.4 is 5.32 Å². The first kappa shape index (κ1) is 10.8. The third-order valence-corrected chi connectivity index (χ3v) is 3.46. The zero-order valence-electron chi connectivity index (χ0n) is 10.0. The summed E-state index contributed by atoms with van der Waals surface area (Å²) in [6, 6.07) is 11.8. The Labute approximate surface area is 102 Å². The molecule has 2 heterocycles. The minimum Gasteiger partial charge on any atom is -0.346 e. The summed E-state index contributed by atoms with van der Waals surface area (Å²) in [6.07, 6.45) is 2.08. The minimum atomic E-state index is 1.06. The van der Waals surface area contributed by atoms with Gasteiger partial charge < -0.3 is 9.88 Å². The van der Waals surface area contributed by atoms with Crippen LogP contribution in [-0.4, -0.2) is 42.2 Å².